The van der Waals surface area contributed by atoms with Crippen molar-refractivity contribution in [2.24, 2.45) is 0 Å². The van der Waals surface area contributed by atoms with Crippen LogP contribution >= 0.6 is 0 Å². The molecule has 0 aliphatic rings. The second kappa shape index (κ2) is 6.00. The fourth-order valence-electron chi connectivity index (χ4n) is 1.89. The second-order valence-electron chi connectivity index (χ2n) is 4.19. The molecule has 0 saturated carbocycles. The fourth-order valence-corrected chi connectivity index (χ4v) is 1.89. The molecule has 2 aromatic rings. The van der Waals surface area contributed by atoms with Gasteiger partial charge in [-0.1, -0.05) is 30.3 Å². The number of hydrogen-bond donors (Lipinski definition) is 0. The van der Waals surface area contributed by atoms with Crippen LogP contribution in [0.1, 0.15) is 11.1 Å². The Bertz CT molecular complexity index is 631. The molecule has 4 heteroatoms. The third kappa shape index (κ3) is 3.31. The number of rotatable bonds is 4. The third-order valence-corrected chi connectivity index (χ3v) is 2.92. The van der Waals surface area contributed by atoms with E-state index in [0.717, 1.165) is 11.1 Å². The maximum atomic E-state index is 11.7. The van der Waals surface area contributed by atoms with Gasteiger partial charge in [-0.25, -0.2) is 0 Å². The predicted octanol–water partition coefficient (Wildman–Crippen LogP) is 1.61. The SMILES string of the molecule is COC(=O)Cc1ccccc1Cn1ccccc1=O. The predicted molar refractivity (Wildman–Crippen MR) is 72.0 cm³/mol. The Morgan fingerprint density at radius 3 is 2.47 bits per heavy atom. The Morgan fingerprint density at radius 2 is 1.79 bits per heavy atom. The Balaban J connectivity index is 2.28. The molecule has 0 radical (unpaired) electrons. The van der Waals surface area contributed by atoms with Crippen LogP contribution in [-0.2, 0) is 22.5 Å². The summed E-state index contributed by atoms with van der Waals surface area (Å²) >= 11 is 0. The van der Waals surface area contributed by atoms with Crippen molar-refractivity contribution in [3.05, 3.63) is 70.1 Å². The first-order chi connectivity index (χ1) is 9.20. The minimum Gasteiger partial charge on any atom is -0.469 e. The first-order valence-electron chi connectivity index (χ1n) is 6.00. The zero-order valence-corrected chi connectivity index (χ0v) is 10.7. The average molecular weight is 257 g/mol. The molecule has 1 aromatic carbocycles. The summed E-state index contributed by atoms with van der Waals surface area (Å²) in [5.74, 6) is -0.284. The molecule has 0 aliphatic heterocycles. The van der Waals surface area contributed by atoms with E-state index < -0.39 is 0 Å². The zero-order chi connectivity index (χ0) is 13.7. The lowest BCUT2D eigenvalue weighted by molar-refractivity contribution is -0.139. The van der Waals surface area contributed by atoms with Crippen LogP contribution in [0.25, 0.3) is 0 Å². The van der Waals surface area contributed by atoms with E-state index in [9.17, 15) is 9.59 Å². The van der Waals surface area contributed by atoms with Crippen LogP contribution in [0.3, 0.4) is 0 Å². The topological polar surface area (TPSA) is 48.3 Å². The van der Waals surface area contributed by atoms with E-state index in [-0.39, 0.29) is 17.9 Å². The van der Waals surface area contributed by atoms with Gasteiger partial charge in [-0.15, -0.1) is 0 Å². The smallest absolute Gasteiger partial charge is 0.309 e. The van der Waals surface area contributed by atoms with Gasteiger partial charge in [0, 0.05) is 12.3 Å². The maximum absolute atomic E-state index is 11.7. The van der Waals surface area contributed by atoms with Crippen molar-refractivity contribution in [2.75, 3.05) is 7.11 Å². The van der Waals surface area contributed by atoms with Crippen molar-refractivity contribution in [3.8, 4) is 0 Å². The van der Waals surface area contributed by atoms with Gasteiger partial charge in [-0.3, -0.25) is 9.59 Å². The zero-order valence-electron chi connectivity index (χ0n) is 10.7. The highest BCUT2D eigenvalue weighted by Crippen LogP contribution is 2.11. The van der Waals surface area contributed by atoms with E-state index >= 15 is 0 Å². The lowest BCUT2D eigenvalue weighted by Crippen LogP contribution is -2.19. The molecule has 0 bridgehead atoms. The van der Waals surface area contributed by atoms with E-state index in [4.69, 9.17) is 0 Å². The van der Waals surface area contributed by atoms with Crippen LogP contribution in [0.4, 0.5) is 0 Å². The highest BCUT2D eigenvalue weighted by Gasteiger charge is 2.08. The molecule has 0 saturated heterocycles. The molecule has 0 N–H and O–H groups in total. The van der Waals surface area contributed by atoms with Crippen molar-refractivity contribution in [1.29, 1.82) is 0 Å². The number of pyridine rings is 1. The summed E-state index contributed by atoms with van der Waals surface area (Å²) in [6.07, 6.45) is 1.95. The van der Waals surface area contributed by atoms with Crippen LogP contribution in [-0.4, -0.2) is 17.6 Å². The van der Waals surface area contributed by atoms with Gasteiger partial charge in [0.25, 0.3) is 5.56 Å². The molecule has 0 spiro atoms. The second-order valence-corrected chi connectivity index (χ2v) is 4.19. The van der Waals surface area contributed by atoms with Crippen LogP contribution in [0.2, 0.25) is 0 Å². The molecular formula is C15H15NO3. The molecule has 98 valence electrons. The standard InChI is InChI=1S/C15H15NO3/c1-19-15(18)10-12-6-2-3-7-13(12)11-16-9-5-4-8-14(16)17/h2-9H,10-11H2,1H3. The van der Waals surface area contributed by atoms with Crippen molar-refractivity contribution < 1.29 is 9.53 Å². The van der Waals surface area contributed by atoms with Gasteiger partial charge in [-0.2, -0.15) is 0 Å². The summed E-state index contributed by atoms with van der Waals surface area (Å²) < 4.78 is 6.28. The summed E-state index contributed by atoms with van der Waals surface area (Å²) in [6, 6.07) is 12.6. The van der Waals surface area contributed by atoms with Crippen molar-refractivity contribution in [2.45, 2.75) is 13.0 Å². The van der Waals surface area contributed by atoms with Gasteiger partial charge in [0.15, 0.2) is 0 Å². The van der Waals surface area contributed by atoms with Gasteiger partial charge in [0.2, 0.25) is 0 Å². The largest absolute Gasteiger partial charge is 0.469 e. The molecule has 19 heavy (non-hydrogen) atoms. The summed E-state index contributed by atoms with van der Waals surface area (Å²) in [6.45, 7) is 0.451. The Morgan fingerprint density at radius 1 is 1.11 bits per heavy atom. The number of carbonyl (C=O) groups is 1. The van der Waals surface area contributed by atoms with Crippen molar-refractivity contribution in [3.63, 3.8) is 0 Å². The number of ether oxygens (including phenoxy) is 1. The molecule has 1 heterocycles. The molecule has 0 aliphatic carbocycles. The number of aromatic nitrogens is 1. The highest BCUT2D eigenvalue weighted by atomic mass is 16.5. The van der Waals surface area contributed by atoms with E-state index in [1.165, 1.54) is 13.2 Å². The van der Waals surface area contributed by atoms with Crippen LogP contribution < -0.4 is 5.56 Å². The minimum atomic E-state index is -0.284. The average Bonchev–Trinajstić information content (AvgIpc) is 2.43. The van der Waals surface area contributed by atoms with E-state index in [1.54, 1.807) is 16.8 Å². The van der Waals surface area contributed by atoms with Crippen LogP contribution in [0, 0.1) is 0 Å². The number of nitrogens with zero attached hydrogens (tertiary/aromatic N) is 1. The monoisotopic (exact) mass is 257 g/mol. The highest BCUT2D eigenvalue weighted by molar-refractivity contribution is 5.72. The first kappa shape index (κ1) is 13.1. The lowest BCUT2D eigenvalue weighted by Gasteiger charge is -2.10. The normalized spacial score (nSPS) is 10.2. The number of benzene rings is 1. The van der Waals surface area contributed by atoms with Gasteiger partial charge in [0.05, 0.1) is 20.1 Å². The van der Waals surface area contributed by atoms with E-state index in [2.05, 4.69) is 4.74 Å². The Kier molecular flexibility index (Phi) is 4.13. The van der Waals surface area contributed by atoms with Crippen LogP contribution in [0.15, 0.2) is 53.5 Å². The Labute approximate surface area is 111 Å². The molecule has 4 nitrogen and oxygen atoms in total. The molecular weight excluding hydrogens is 242 g/mol. The van der Waals surface area contributed by atoms with E-state index in [1.807, 2.05) is 30.3 Å². The maximum Gasteiger partial charge on any atom is 0.309 e. The first-order valence-corrected chi connectivity index (χ1v) is 6.00. The minimum absolute atomic E-state index is 0.0598. The summed E-state index contributed by atoms with van der Waals surface area (Å²) in [5.41, 5.74) is 1.77. The molecule has 0 unspecified atom stereocenters. The number of hydrogen-bond acceptors (Lipinski definition) is 3. The van der Waals surface area contributed by atoms with Gasteiger partial charge >= 0.3 is 5.97 Å². The Hall–Kier alpha value is -2.36. The van der Waals surface area contributed by atoms with E-state index in [0.29, 0.717) is 6.54 Å². The molecule has 0 amide bonds. The van der Waals surface area contributed by atoms with Crippen molar-refractivity contribution >= 4 is 5.97 Å². The van der Waals surface area contributed by atoms with Crippen LogP contribution in [0.5, 0.6) is 0 Å². The lowest BCUT2D eigenvalue weighted by atomic mass is 10.0. The number of carbonyl (C=O) groups excluding carboxylic acids is 1. The molecule has 0 fully saturated rings. The molecule has 0 atom stereocenters. The molecule has 1 aromatic heterocycles. The number of methoxy groups -OCH3 is 1. The summed E-state index contributed by atoms with van der Waals surface area (Å²) in [7, 11) is 1.37. The fraction of sp³-hybridized carbons (Fsp3) is 0.200. The number of esters is 1. The van der Waals surface area contributed by atoms with Crippen molar-refractivity contribution in [1.82, 2.24) is 4.57 Å². The van der Waals surface area contributed by atoms with Gasteiger partial charge in [0.1, 0.15) is 0 Å². The quantitative estimate of drug-likeness (QED) is 0.782. The van der Waals surface area contributed by atoms with Gasteiger partial charge < -0.3 is 9.30 Å². The summed E-state index contributed by atoms with van der Waals surface area (Å²) in [4.78, 5) is 23.0. The van der Waals surface area contributed by atoms with Gasteiger partial charge in [-0.05, 0) is 17.2 Å². The molecule has 2 rings (SSSR count). The third-order valence-electron chi connectivity index (χ3n) is 2.92. The summed E-state index contributed by atoms with van der Waals surface area (Å²) in [5, 5.41) is 0.